The van der Waals surface area contributed by atoms with Crippen molar-refractivity contribution in [3.63, 3.8) is 0 Å². The van der Waals surface area contributed by atoms with Crippen molar-refractivity contribution < 1.29 is 4.79 Å². The number of nitrogens with zero attached hydrogens (tertiary/aromatic N) is 5. The van der Waals surface area contributed by atoms with Crippen molar-refractivity contribution in [3.05, 3.63) is 95.1 Å². The zero-order valence-corrected chi connectivity index (χ0v) is 20.4. The highest BCUT2D eigenvalue weighted by Crippen LogP contribution is 2.31. The number of pyridine rings is 1. The van der Waals surface area contributed by atoms with E-state index in [-0.39, 0.29) is 11.9 Å². The molecule has 2 aromatic carbocycles. The van der Waals surface area contributed by atoms with Gasteiger partial charge in [-0.05, 0) is 24.1 Å². The second-order valence-electron chi connectivity index (χ2n) is 8.89. The van der Waals surface area contributed by atoms with Crippen LogP contribution in [0, 0.1) is 0 Å². The van der Waals surface area contributed by atoms with Crippen LogP contribution in [-0.4, -0.2) is 49.9 Å². The Bertz CT molecular complexity index is 1490. The second kappa shape index (κ2) is 9.93. The van der Waals surface area contributed by atoms with E-state index in [0.717, 1.165) is 54.1 Å². The summed E-state index contributed by atoms with van der Waals surface area (Å²) in [7, 11) is 0. The van der Waals surface area contributed by atoms with Gasteiger partial charge in [0.1, 0.15) is 10.4 Å². The molecule has 36 heavy (non-hydrogen) atoms. The molecule has 0 bridgehead atoms. The van der Waals surface area contributed by atoms with Crippen LogP contribution < -0.4 is 5.32 Å². The highest BCUT2D eigenvalue weighted by molar-refractivity contribution is 7.11. The number of aromatic nitrogens is 4. The molecule has 5 aromatic rings. The van der Waals surface area contributed by atoms with Crippen LogP contribution in [-0.2, 0) is 6.54 Å². The lowest BCUT2D eigenvalue weighted by Crippen LogP contribution is -2.36. The van der Waals surface area contributed by atoms with Crippen molar-refractivity contribution in [3.8, 4) is 22.5 Å². The molecule has 1 N–H and O–H groups in total. The van der Waals surface area contributed by atoms with Crippen LogP contribution >= 0.6 is 11.3 Å². The topological polar surface area (TPSA) is 83.9 Å². The fourth-order valence-corrected chi connectivity index (χ4v) is 5.12. The third-order valence-corrected chi connectivity index (χ3v) is 7.16. The molecule has 3 aromatic heterocycles. The van der Waals surface area contributed by atoms with Crippen molar-refractivity contribution in [1.29, 1.82) is 0 Å². The van der Waals surface area contributed by atoms with Crippen LogP contribution in [0.25, 0.3) is 33.7 Å². The molecular formula is C28H24N6OS. The normalized spacial score (nSPS) is 15.8. The molecule has 7 nitrogen and oxygen atoms in total. The van der Waals surface area contributed by atoms with Crippen LogP contribution in [0.3, 0.4) is 0 Å². The minimum Gasteiger partial charge on any atom is -0.347 e. The van der Waals surface area contributed by atoms with Gasteiger partial charge >= 0.3 is 0 Å². The molecule has 0 saturated carbocycles. The number of thiazole rings is 1. The van der Waals surface area contributed by atoms with E-state index in [0.29, 0.717) is 10.5 Å². The van der Waals surface area contributed by atoms with Gasteiger partial charge in [-0.25, -0.2) is 15.0 Å². The first-order chi connectivity index (χ1) is 17.7. The quantitative estimate of drug-likeness (QED) is 0.366. The second-order valence-corrected chi connectivity index (χ2v) is 9.78. The van der Waals surface area contributed by atoms with Gasteiger partial charge in [0.05, 0.1) is 23.1 Å². The molecule has 6 rings (SSSR count). The van der Waals surface area contributed by atoms with E-state index >= 15 is 0 Å². The maximum Gasteiger partial charge on any atom is 0.263 e. The van der Waals surface area contributed by atoms with E-state index in [4.69, 9.17) is 9.97 Å². The fraction of sp³-hybridized carbons (Fsp3) is 0.179. The van der Waals surface area contributed by atoms with Crippen molar-refractivity contribution in [1.82, 2.24) is 30.2 Å². The number of hydrogen-bond donors (Lipinski definition) is 1. The van der Waals surface area contributed by atoms with Crippen molar-refractivity contribution in [2.24, 2.45) is 0 Å². The third kappa shape index (κ3) is 4.73. The minimum absolute atomic E-state index is 0.0328. The van der Waals surface area contributed by atoms with Crippen LogP contribution in [0.5, 0.6) is 0 Å². The molecule has 0 spiro atoms. The maximum absolute atomic E-state index is 12.3. The summed E-state index contributed by atoms with van der Waals surface area (Å²) in [6.07, 6.45) is 4.31. The summed E-state index contributed by atoms with van der Waals surface area (Å²) in [5.41, 5.74) is 8.04. The molecule has 4 heterocycles. The van der Waals surface area contributed by atoms with Gasteiger partial charge in [0.25, 0.3) is 5.91 Å². The first-order valence-electron chi connectivity index (χ1n) is 11.9. The van der Waals surface area contributed by atoms with Gasteiger partial charge < -0.3 is 5.32 Å². The Balaban J connectivity index is 1.19. The summed E-state index contributed by atoms with van der Waals surface area (Å²) in [6.45, 7) is 2.64. The number of benzene rings is 2. The van der Waals surface area contributed by atoms with Crippen molar-refractivity contribution in [2.75, 3.05) is 13.1 Å². The molecule has 1 amide bonds. The minimum atomic E-state index is -0.0328. The smallest absolute Gasteiger partial charge is 0.263 e. The Kier molecular flexibility index (Phi) is 6.19. The number of carbonyl (C=O) groups excluding carboxylic acids is 1. The maximum atomic E-state index is 12.3. The number of fused-ring (bicyclic) bond motifs is 1. The van der Waals surface area contributed by atoms with Gasteiger partial charge in [0, 0.05) is 43.0 Å². The summed E-state index contributed by atoms with van der Waals surface area (Å²) in [5, 5.41) is 3.13. The zero-order chi connectivity index (χ0) is 24.3. The number of amides is 1. The zero-order valence-electron chi connectivity index (χ0n) is 19.5. The van der Waals surface area contributed by atoms with Gasteiger partial charge in [-0.2, -0.15) is 0 Å². The Labute approximate surface area is 212 Å². The Hall–Kier alpha value is -4.01. The SMILES string of the molecule is O=C(N[C@@H]1CCN(Cc2ccc(-c3nc4cccnc4nc3-c3ccccc3)cc2)C1)c1cncs1. The fourth-order valence-electron chi connectivity index (χ4n) is 4.60. The Morgan fingerprint density at radius 2 is 1.78 bits per heavy atom. The Morgan fingerprint density at radius 1 is 0.972 bits per heavy atom. The van der Waals surface area contributed by atoms with Gasteiger partial charge in [0.15, 0.2) is 5.65 Å². The van der Waals surface area contributed by atoms with Crippen LogP contribution in [0.2, 0.25) is 0 Å². The van der Waals surface area contributed by atoms with Gasteiger partial charge in [0.2, 0.25) is 0 Å². The molecular weight excluding hydrogens is 468 g/mol. The predicted molar refractivity (Wildman–Crippen MR) is 141 cm³/mol. The van der Waals surface area contributed by atoms with E-state index in [1.165, 1.54) is 16.9 Å². The van der Waals surface area contributed by atoms with E-state index in [2.05, 4.69) is 44.5 Å². The van der Waals surface area contributed by atoms with Crippen molar-refractivity contribution >= 4 is 28.4 Å². The van der Waals surface area contributed by atoms with E-state index in [1.54, 1.807) is 17.9 Å². The first-order valence-corrected chi connectivity index (χ1v) is 12.8. The summed E-state index contributed by atoms with van der Waals surface area (Å²) >= 11 is 1.37. The number of nitrogens with one attached hydrogen (secondary N) is 1. The predicted octanol–water partition coefficient (Wildman–Crippen LogP) is 4.82. The molecule has 0 radical (unpaired) electrons. The summed E-state index contributed by atoms with van der Waals surface area (Å²) in [5.74, 6) is -0.0328. The van der Waals surface area contributed by atoms with E-state index in [9.17, 15) is 4.79 Å². The summed E-state index contributed by atoms with van der Waals surface area (Å²) in [4.78, 5) is 33.6. The molecule has 1 aliphatic rings. The van der Waals surface area contributed by atoms with Crippen LogP contribution in [0.4, 0.5) is 0 Å². The van der Waals surface area contributed by atoms with Gasteiger partial charge in [-0.1, -0.05) is 54.6 Å². The average Bonchev–Trinajstić information content (AvgIpc) is 3.62. The number of hydrogen-bond acceptors (Lipinski definition) is 7. The van der Waals surface area contributed by atoms with E-state index < -0.39 is 0 Å². The summed E-state index contributed by atoms with van der Waals surface area (Å²) < 4.78 is 0. The van der Waals surface area contributed by atoms with Gasteiger partial charge in [-0.3, -0.25) is 14.7 Å². The lowest BCUT2D eigenvalue weighted by atomic mass is 10.0. The number of rotatable bonds is 6. The Morgan fingerprint density at radius 3 is 2.58 bits per heavy atom. The number of carbonyl (C=O) groups is 1. The lowest BCUT2D eigenvalue weighted by Gasteiger charge is -2.17. The average molecular weight is 493 g/mol. The molecule has 0 aliphatic carbocycles. The molecule has 1 fully saturated rings. The molecule has 0 unspecified atom stereocenters. The van der Waals surface area contributed by atoms with Crippen LogP contribution in [0.15, 0.2) is 84.6 Å². The standard InChI is InChI=1S/C28H24N6OS/c35-28(24-15-29-18-36-24)31-22-12-14-34(17-22)16-19-8-10-21(11-9-19)25-26(20-5-2-1-3-6-20)33-27-23(32-25)7-4-13-30-27/h1-11,13,15,18,22H,12,14,16-17H2,(H,31,35)/t22-/m1/s1. The molecule has 1 atom stereocenters. The third-order valence-electron chi connectivity index (χ3n) is 6.38. The molecule has 1 aliphatic heterocycles. The van der Waals surface area contributed by atoms with Crippen LogP contribution in [0.1, 0.15) is 21.7 Å². The number of likely N-dealkylation sites (tertiary alicyclic amines) is 1. The van der Waals surface area contributed by atoms with Gasteiger partial charge in [-0.15, -0.1) is 11.3 Å². The van der Waals surface area contributed by atoms with Crippen molar-refractivity contribution in [2.45, 2.75) is 19.0 Å². The lowest BCUT2D eigenvalue weighted by molar-refractivity contribution is 0.0941. The van der Waals surface area contributed by atoms with E-state index in [1.807, 2.05) is 42.5 Å². The molecule has 178 valence electrons. The highest BCUT2D eigenvalue weighted by atomic mass is 32.1. The first kappa shape index (κ1) is 22.5. The monoisotopic (exact) mass is 492 g/mol. The molecule has 1 saturated heterocycles. The molecule has 8 heteroatoms. The highest BCUT2D eigenvalue weighted by Gasteiger charge is 2.24. The summed E-state index contributed by atoms with van der Waals surface area (Å²) in [6, 6.07) is 22.7. The largest absolute Gasteiger partial charge is 0.347 e.